The van der Waals surface area contributed by atoms with Gasteiger partial charge in [-0.1, -0.05) is 53.6 Å². The van der Waals surface area contributed by atoms with Crippen LogP contribution in [0.2, 0.25) is 5.02 Å². The number of aryl methyl sites for hydroxylation is 1. The van der Waals surface area contributed by atoms with Gasteiger partial charge in [-0.15, -0.1) is 11.8 Å². The summed E-state index contributed by atoms with van der Waals surface area (Å²) in [4.78, 5) is 26.5. The summed E-state index contributed by atoms with van der Waals surface area (Å²) in [6.45, 7) is 4.17. The second kappa shape index (κ2) is 10.4. The van der Waals surface area contributed by atoms with E-state index in [1.807, 2.05) is 12.1 Å². The summed E-state index contributed by atoms with van der Waals surface area (Å²) in [7, 11) is 1.58. The lowest BCUT2D eigenvalue weighted by atomic mass is 10.1. The Hall–Kier alpha value is -1.98. The Bertz CT molecular complexity index is 763. The van der Waals surface area contributed by atoms with Crippen molar-refractivity contribution in [3.8, 4) is 0 Å². The number of hydrogen-bond donors (Lipinski definition) is 1. The van der Waals surface area contributed by atoms with Gasteiger partial charge < -0.3 is 10.2 Å². The molecule has 0 bridgehead atoms. The van der Waals surface area contributed by atoms with Crippen molar-refractivity contribution >= 4 is 35.2 Å². The molecule has 0 aliphatic carbocycles. The Morgan fingerprint density at radius 3 is 2.26 bits per heavy atom. The fraction of sp³-hybridized carbons (Fsp3) is 0.333. The molecule has 0 radical (unpaired) electrons. The van der Waals surface area contributed by atoms with E-state index in [9.17, 15) is 9.59 Å². The molecule has 0 heterocycles. The van der Waals surface area contributed by atoms with Gasteiger partial charge >= 0.3 is 0 Å². The first-order chi connectivity index (χ1) is 12.9. The van der Waals surface area contributed by atoms with E-state index in [2.05, 4.69) is 36.5 Å². The molecule has 2 amide bonds. The molecule has 0 unspecified atom stereocenters. The summed E-state index contributed by atoms with van der Waals surface area (Å²) >= 11 is 7.49. The minimum atomic E-state index is -0.543. The molecule has 1 atom stereocenters. The van der Waals surface area contributed by atoms with Gasteiger partial charge in [-0.05, 0) is 37.1 Å². The van der Waals surface area contributed by atoms with E-state index in [0.717, 1.165) is 11.3 Å². The van der Waals surface area contributed by atoms with Crippen LogP contribution in [0.15, 0.2) is 48.5 Å². The lowest BCUT2D eigenvalue weighted by Gasteiger charge is -2.28. The van der Waals surface area contributed by atoms with Gasteiger partial charge in [0.05, 0.1) is 5.75 Å². The molecule has 0 aromatic heterocycles. The minimum absolute atomic E-state index is 0.0573. The molecule has 144 valence electrons. The van der Waals surface area contributed by atoms with Crippen LogP contribution >= 0.6 is 23.4 Å². The molecule has 0 saturated carbocycles. The topological polar surface area (TPSA) is 49.4 Å². The van der Waals surface area contributed by atoms with E-state index in [-0.39, 0.29) is 11.8 Å². The molecule has 6 heteroatoms. The third-order valence-corrected chi connectivity index (χ3v) is 5.54. The second-order valence-electron chi connectivity index (χ2n) is 6.42. The van der Waals surface area contributed by atoms with Crippen LogP contribution in [0.4, 0.5) is 0 Å². The zero-order valence-corrected chi connectivity index (χ0v) is 17.4. The maximum atomic E-state index is 12.8. The number of likely N-dealkylation sites (N-methyl/N-ethyl adjacent to an activating group) is 1. The highest BCUT2D eigenvalue weighted by molar-refractivity contribution is 7.99. The SMILES string of the molecule is CNC(=O)[C@H](C)N(Cc1ccc(Cl)cc1)C(=O)CSCc1ccc(C)cc1. The fourth-order valence-corrected chi connectivity index (χ4v) is 3.60. The number of nitrogens with one attached hydrogen (secondary N) is 1. The smallest absolute Gasteiger partial charge is 0.242 e. The summed E-state index contributed by atoms with van der Waals surface area (Å²) in [6.07, 6.45) is 0. The van der Waals surface area contributed by atoms with E-state index in [0.29, 0.717) is 17.3 Å². The molecule has 27 heavy (non-hydrogen) atoms. The molecule has 0 aliphatic rings. The van der Waals surface area contributed by atoms with Gasteiger partial charge in [0.2, 0.25) is 11.8 Å². The van der Waals surface area contributed by atoms with Gasteiger partial charge in [-0.3, -0.25) is 9.59 Å². The zero-order valence-electron chi connectivity index (χ0n) is 15.9. The third kappa shape index (κ3) is 6.60. The molecule has 2 aromatic carbocycles. The Kier molecular flexibility index (Phi) is 8.20. The van der Waals surface area contributed by atoms with Crippen LogP contribution < -0.4 is 5.32 Å². The number of thioether (sulfide) groups is 1. The molecular weight excluding hydrogens is 380 g/mol. The lowest BCUT2D eigenvalue weighted by Crippen LogP contribution is -2.47. The van der Waals surface area contributed by atoms with Gasteiger partial charge in [0.15, 0.2) is 0 Å². The normalized spacial score (nSPS) is 11.7. The number of carbonyl (C=O) groups is 2. The Morgan fingerprint density at radius 2 is 1.67 bits per heavy atom. The Morgan fingerprint density at radius 1 is 1.07 bits per heavy atom. The van der Waals surface area contributed by atoms with Gasteiger partial charge in [0, 0.05) is 24.4 Å². The summed E-state index contributed by atoms with van der Waals surface area (Å²) in [6, 6.07) is 15.1. The molecule has 4 nitrogen and oxygen atoms in total. The van der Waals surface area contributed by atoms with Gasteiger partial charge in [0.1, 0.15) is 6.04 Å². The molecule has 0 saturated heterocycles. The zero-order chi connectivity index (χ0) is 19.8. The summed E-state index contributed by atoms with van der Waals surface area (Å²) in [5.74, 6) is 0.844. The number of nitrogens with zero attached hydrogens (tertiary/aromatic N) is 1. The van der Waals surface area contributed by atoms with Crippen molar-refractivity contribution in [3.63, 3.8) is 0 Å². The van der Waals surface area contributed by atoms with Crippen LogP contribution in [0, 0.1) is 6.92 Å². The molecule has 0 spiro atoms. The summed E-state index contributed by atoms with van der Waals surface area (Å²) in [5, 5.41) is 3.26. The fourth-order valence-electron chi connectivity index (χ4n) is 2.60. The van der Waals surface area contributed by atoms with Crippen molar-refractivity contribution in [1.29, 1.82) is 0 Å². The molecule has 2 rings (SSSR count). The number of hydrogen-bond acceptors (Lipinski definition) is 3. The monoisotopic (exact) mass is 404 g/mol. The Balaban J connectivity index is 2.02. The summed E-state index contributed by atoms with van der Waals surface area (Å²) in [5.41, 5.74) is 3.34. The van der Waals surface area contributed by atoms with Gasteiger partial charge in [-0.25, -0.2) is 0 Å². The average Bonchev–Trinajstić information content (AvgIpc) is 2.67. The number of benzene rings is 2. The van der Waals surface area contributed by atoms with Crippen LogP contribution in [0.5, 0.6) is 0 Å². The highest BCUT2D eigenvalue weighted by Crippen LogP contribution is 2.17. The van der Waals surface area contributed by atoms with E-state index in [1.165, 1.54) is 11.1 Å². The van der Waals surface area contributed by atoms with Crippen molar-refractivity contribution < 1.29 is 9.59 Å². The number of amides is 2. The van der Waals surface area contributed by atoms with Crippen molar-refractivity contribution in [3.05, 3.63) is 70.2 Å². The standard InChI is InChI=1S/C21H25ClN2O2S/c1-15-4-6-18(7-5-15)13-27-14-20(25)24(16(2)21(26)23-3)12-17-8-10-19(22)11-9-17/h4-11,16H,12-14H2,1-3H3,(H,23,26)/t16-/m0/s1. The summed E-state index contributed by atoms with van der Waals surface area (Å²) < 4.78 is 0. The maximum Gasteiger partial charge on any atom is 0.242 e. The average molecular weight is 405 g/mol. The van der Waals surface area contributed by atoms with Gasteiger partial charge in [-0.2, -0.15) is 0 Å². The van der Waals surface area contributed by atoms with Crippen LogP contribution in [-0.4, -0.2) is 35.6 Å². The molecular formula is C21H25ClN2O2S. The number of halogens is 1. The predicted octanol–water partition coefficient (Wildman–Crippen LogP) is 4.04. The third-order valence-electron chi connectivity index (χ3n) is 4.29. The quantitative estimate of drug-likeness (QED) is 0.722. The second-order valence-corrected chi connectivity index (χ2v) is 7.84. The van der Waals surface area contributed by atoms with Crippen molar-refractivity contribution in [2.24, 2.45) is 0 Å². The predicted molar refractivity (Wildman–Crippen MR) is 113 cm³/mol. The van der Waals surface area contributed by atoms with Crippen LogP contribution in [0.3, 0.4) is 0 Å². The largest absolute Gasteiger partial charge is 0.357 e. The number of carbonyl (C=O) groups excluding carboxylic acids is 2. The van der Waals surface area contributed by atoms with E-state index < -0.39 is 6.04 Å². The first-order valence-corrected chi connectivity index (χ1v) is 10.3. The highest BCUT2D eigenvalue weighted by Gasteiger charge is 2.25. The lowest BCUT2D eigenvalue weighted by molar-refractivity contribution is -0.138. The minimum Gasteiger partial charge on any atom is -0.357 e. The van der Waals surface area contributed by atoms with Gasteiger partial charge in [0.25, 0.3) is 0 Å². The number of rotatable bonds is 8. The first kappa shape index (κ1) is 21.3. The molecule has 1 N–H and O–H groups in total. The van der Waals surface area contributed by atoms with Crippen molar-refractivity contribution in [2.45, 2.75) is 32.2 Å². The highest BCUT2D eigenvalue weighted by atomic mass is 35.5. The maximum absolute atomic E-state index is 12.8. The van der Waals surface area contributed by atoms with E-state index >= 15 is 0 Å². The van der Waals surface area contributed by atoms with E-state index in [1.54, 1.807) is 42.8 Å². The van der Waals surface area contributed by atoms with Crippen LogP contribution in [-0.2, 0) is 21.9 Å². The van der Waals surface area contributed by atoms with Crippen LogP contribution in [0.1, 0.15) is 23.6 Å². The molecule has 0 aliphatic heterocycles. The molecule has 2 aromatic rings. The van der Waals surface area contributed by atoms with Crippen molar-refractivity contribution in [2.75, 3.05) is 12.8 Å². The van der Waals surface area contributed by atoms with Crippen LogP contribution in [0.25, 0.3) is 0 Å². The Labute approximate surface area is 170 Å². The molecule has 0 fully saturated rings. The van der Waals surface area contributed by atoms with E-state index in [4.69, 9.17) is 11.6 Å². The van der Waals surface area contributed by atoms with Crippen molar-refractivity contribution in [1.82, 2.24) is 10.2 Å². The first-order valence-electron chi connectivity index (χ1n) is 8.79.